The van der Waals surface area contributed by atoms with Gasteiger partial charge in [0.25, 0.3) is 0 Å². The second-order valence-corrected chi connectivity index (χ2v) is 9.03. The van der Waals surface area contributed by atoms with Gasteiger partial charge in [0, 0.05) is 25.3 Å². The number of carbonyl (C=O) groups excluding carboxylic acids is 1. The number of hydrogen-bond acceptors (Lipinski definition) is 6. The van der Waals surface area contributed by atoms with Crippen LogP contribution in [0.1, 0.15) is 57.2 Å². The fourth-order valence-corrected chi connectivity index (χ4v) is 3.94. The minimum atomic E-state index is -1.08. The minimum Gasteiger partial charge on any atom is -0.480 e. The average Bonchev–Trinajstić information content (AvgIpc) is 2.72. The molecule has 2 aliphatic rings. The summed E-state index contributed by atoms with van der Waals surface area (Å²) in [5.41, 5.74) is 2.45. The maximum atomic E-state index is 11.7. The summed E-state index contributed by atoms with van der Waals surface area (Å²) in [6.45, 7) is 5.40. The summed E-state index contributed by atoms with van der Waals surface area (Å²) in [6.07, 6.45) is 6.01. The highest BCUT2D eigenvalue weighted by molar-refractivity contribution is 5.79. The molecule has 1 aromatic rings. The van der Waals surface area contributed by atoms with Crippen molar-refractivity contribution in [1.82, 2.24) is 10.3 Å². The lowest BCUT2D eigenvalue weighted by molar-refractivity contribution is -0.140. The van der Waals surface area contributed by atoms with Crippen LogP contribution in [0.15, 0.2) is 12.1 Å². The Bertz CT molecular complexity index is 749. The van der Waals surface area contributed by atoms with Gasteiger partial charge < -0.3 is 25.2 Å². The maximum Gasteiger partial charge on any atom is 0.407 e. The van der Waals surface area contributed by atoms with Crippen LogP contribution >= 0.6 is 0 Å². The number of nitrogens with zero attached hydrogens (tertiary/aromatic N) is 1. The molecule has 3 N–H and O–H groups in total. The molecule has 1 fully saturated rings. The fraction of sp³-hybridized carbons (Fsp3) is 0.696. The number of nitrogens with one attached hydrogen (secondary N) is 2. The molecule has 1 saturated carbocycles. The van der Waals surface area contributed by atoms with E-state index < -0.39 is 18.1 Å². The first kappa shape index (κ1) is 23.3. The molecule has 172 valence electrons. The molecule has 8 nitrogen and oxygen atoms in total. The van der Waals surface area contributed by atoms with E-state index in [9.17, 15) is 14.7 Å². The number of hydrogen-bond donors (Lipinski definition) is 3. The SMILES string of the molecule is CC(C)COC(=O)N[C@@H](CCO[C@H]1C[C@H](CCc2ccc3c(n2)NCCC3)C1)C(=O)O. The Morgan fingerprint density at radius 2 is 2.13 bits per heavy atom. The van der Waals surface area contributed by atoms with Gasteiger partial charge in [0.05, 0.1) is 12.7 Å². The molecule has 1 aliphatic carbocycles. The molecule has 1 amide bonds. The Hall–Kier alpha value is -2.35. The van der Waals surface area contributed by atoms with Crippen molar-refractivity contribution in [3.63, 3.8) is 0 Å². The van der Waals surface area contributed by atoms with E-state index >= 15 is 0 Å². The van der Waals surface area contributed by atoms with Crippen LogP contribution in [0.2, 0.25) is 0 Å². The molecule has 0 radical (unpaired) electrons. The van der Waals surface area contributed by atoms with Crippen LogP contribution in [-0.2, 0) is 27.1 Å². The Labute approximate surface area is 184 Å². The first-order valence-corrected chi connectivity index (χ1v) is 11.4. The number of pyridine rings is 1. The predicted octanol–water partition coefficient (Wildman–Crippen LogP) is 3.39. The van der Waals surface area contributed by atoms with Gasteiger partial charge in [-0.05, 0) is 62.0 Å². The normalized spacial score (nSPS) is 20.9. The standard InChI is InChI=1S/C23H35N3O5/c1-15(2)14-31-23(29)26-20(22(27)28)9-11-30-19-12-16(13-19)5-7-18-8-6-17-4-3-10-24-21(17)25-18/h6,8,15-16,19-20H,3-5,7,9-14H2,1-2H3,(H,24,25)(H,26,29)(H,27,28)/t16-,19-,20-/m0/s1. The summed E-state index contributed by atoms with van der Waals surface area (Å²) in [5.74, 6) is 0.788. The van der Waals surface area contributed by atoms with Crippen LogP contribution in [0, 0.1) is 11.8 Å². The molecule has 0 spiro atoms. The number of aromatic nitrogens is 1. The van der Waals surface area contributed by atoms with Crippen molar-refractivity contribution in [2.24, 2.45) is 11.8 Å². The van der Waals surface area contributed by atoms with E-state index in [4.69, 9.17) is 14.5 Å². The second-order valence-electron chi connectivity index (χ2n) is 9.03. The van der Waals surface area contributed by atoms with Gasteiger partial charge in [-0.15, -0.1) is 0 Å². The van der Waals surface area contributed by atoms with Crippen LogP contribution < -0.4 is 10.6 Å². The molecule has 8 heteroatoms. The number of carboxylic acids is 1. The molecular formula is C23H35N3O5. The average molecular weight is 434 g/mol. The zero-order valence-electron chi connectivity index (χ0n) is 18.6. The lowest BCUT2D eigenvalue weighted by atomic mass is 9.79. The Balaban J connectivity index is 1.30. The minimum absolute atomic E-state index is 0.172. The third kappa shape index (κ3) is 7.38. The maximum absolute atomic E-state index is 11.7. The molecule has 0 unspecified atom stereocenters. The summed E-state index contributed by atoms with van der Waals surface area (Å²) in [4.78, 5) is 27.8. The molecule has 0 bridgehead atoms. The largest absolute Gasteiger partial charge is 0.480 e. The summed E-state index contributed by atoms with van der Waals surface area (Å²) in [5, 5.41) is 15.1. The zero-order valence-corrected chi connectivity index (χ0v) is 18.6. The summed E-state index contributed by atoms with van der Waals surface area (Å²) >= 11 is 0. The molecule has 1 atom stereocenters. The topological polar surface area (TPSA) is 110 Å². The third-order valence-electron chi connectivity index (χ3n) is 5.85. The van der Waals surface area contributed by atoms with Crippen molar-refractivity contribution in [3.05, 3.63) is 23.4 Å². The van der Waals surface area contributed by atoms with Gasteiger partial charge in [-0.1, -0.05) is 19.9 Å². The van der Waals surface area contributed by atoms with Crippen molar-refractivity contribution in [2.75, 3.05) is 25.1 Å². The van der Waals surface area contributed by atoms with Crippen molar-refractivity contribution < 1.29 is 24.2 Å². The molecule has 0 saturated heterocycles. The van der Waals surface area contributed by atoms with Crippen molar-refractivity contribution in [2.45, 2.75) is 70.9 Å². The fourth-order valence-electron chi connectivity index (χ4n) is 3.94. The number of aryl methyl sites for hydroxylation is 2. The van der Waals surface area contributed by atoms with Gasteiger partial charge in [-0.3, -0.25) is 0 Å². The predicted molar refractivity (Wildman–Crippen MR) is 117 cm³/mol. The smallest absolute Gasteiger partial charge is 0.407 e. The van der Waals surface area contributed by atoms with Crippen LogP contribution in [0.3, 0.4) is 0 Å². The van der Waals surface area contributed by atoms with Crippen molar-refractivity contribution in [3.8, 4) is 0 Å². The molecular weight excluding hydrogens is 398 g/mol. The quantitative estimate of drug-likeness (QED) is 0.491. The van der Waals surface area contributed by atoms with Gasteiger partial charge in [-0.25, -0.2) is 14.6 Å². The van der Waals surface area contributed by atoms with Crippen molar-refractivity contribution in [1.29, 1.82) is 0 Å². The van der Waals surface area contributed by atoms with Crippen LogP contribution in [0.5, 0.6) is 0 Å². The summed E-state index contributed by atoms with van der Waals surface area (Å²) in [6, 6.07) is 3.34. The van der Waals surface area contributed by atoms with E-state index in [2.05, 4.69) is 22.8 Å². The van der Waals surface area contributed by atoms with E-state index in [-0.39, 0.29) is 25.0 Å². The van der Waals surface area contributed by atoms with Gasteiger partial charge in [0.15, 0.2) is 0 Å². The highest BCUT2D eigenvalue weighted by Gasteiger charge is 2.30. The van der Waals surface area contributed by atoms with Gasteiger partial charge in [-0.2, -0.15) is 0 Å². The highest BCUT2D eigenvalue weighted by atomic mass is 16.5. The number of aliphatic carboxylic acids is 1. The third-order valence-corrected chi connectivity index (χ3v) is 5.85. The molecule has 31 heavy (non-hydrogen) atoms. The Kier molecular flexibility index (Phi) is 8.51. The van der Waals surface area contributed by atoms with Gasteiger partial charge >= 0.3 is 12.1 Å². The number of carbonyl (C=O) groups is 2. The highest BCUT2D eigenvalue weighted by Crippen LogP contribution is 2.34. The number of fused-ring (bicyclic) bond motifs is 1. The van der Waals surface area contributed by atoms with Gasteiger partial charge in [0.2, 0.25) is 0 Å². The number of carboxylic acid groups (broad SMARTS) is 1. The van der Waals surface area contributed by atoms with Crippen LogP contribution in [0.4, 0.5) is 10.6 Å². The monoisotopic (exact) mass is 433 g/mol. The molecule has 1 aromatic heterocycles. The van der Waals surface area contributed by atoms with Gasteiger partial charge in [0.1, 0.15) is 11.9 Å². The molecule has 1 aliphatic heterocycles. The molecule has 2 heterocycles. The number of anilines is 1. The molecule has 0 aromatic carbocycles. The van der Waals surface area contributed by atoms with Crippen LogP contribution in [-0.4, -0.2) is 54.1 Å². The van der Waals surface area contributed by atoms with Crippen LogP contribution in [0.25, 0.3) is 0 Å². The number of amides is 1. The van der Waals surface area contributed by atoms with E-state index in [0.717, 1.165) is 50.2 Å². The Morgan fingerprint density at radius 1 is 1.32 bits per heavy atom. The van der Waals surface area contributed by atoms with E-state index in [1.165, 1.54) is 12.0 Å². The number of rotatable bonds is 11. The first-order valence-electron chi connectivity index (χ1n) is 11.4. The second kappa shape index (κ2) is 11.3. The lowest BCUT2D eigenvalue weighted by Gasteiger charge is -2.35. The van der Waals surface area contributed by atoms with E-state index in [1.807, 2.05) is 13.8 Å². The lowest BCUT2D eigenvalue weighted by Crippen LogP contribution is -2.42. The number of alkyl carbamates (subject to hydrolysis) is 1. The van der Waals surface area contributed by atoms with E-state index in [0.29, 0.717) is 12.5 Å². The Morgan fingerprint density at radius 3 is 2.87 bits per heavy atom. The van der Waals surface area contributed by atoms with E-state index in [1.54, 1.807) is 0 Å². The van der Waals surface area contributed by atoms with Crippen molar-refractivity contribution >= 4 is 17.9 Å². The summed E-state index contributed by atoms with van der Waals surface area (Å²) in [7, 11) is 0. The molecule has 3 rings (SSSR count). The number of ether oxygens (including phenoxy) is 2. The zero-order chi connectivity index (χ0) is 22.2. The summed E-state index contributed by atoms with van der Waals surface area (Å²) < 4.78 is 10.8. The first-order chi connectivity index (χ1) is 14.9.